The van der Waals surface area contributed by atoms with Gasteiger partial charge in [0.15, 0.2) is 12.4 Å². The van der Waals surface area contributed by atoms with E-state index >= 15 is 0 Å². The first-order chi connectivity index (χ1) is 13.7. The van der Waals surface area contributed by atoms with Gasteiger partial charge >= 0.3 is 0 Å². The van der Waals surface area contributed by atoms with E-state index in [1.807, 2.05) is 30.1 Å². The Kier molecular flexibility index (Phi) is 7.47. The maximum atomic E-state index is 12.6. The van der Waals surface area contributed by atoms with E-state index in [4.69, 9.17) is 0 Å². The molecule has 1 aliphatic rings. The highest BCUT2D eigenvalue weighted by molar-refractivity contribution is 5.93. The van der Waals surface area contributed by atoms with Gasteiger partial charge in [-0.15, -0.1) is 0 Å². The van der Waals surface area contributed by atoms with Crippen LogP contribution in [-0.2, 0) is 18.4 Å². The number of fused-ring (bicyclic) bond motifs is 1. The molecule has 0 bridgehead atoms. The van der Waals surface area contributed by atoms with Gasteiger partial charge in [-0.05, 0) is 24.5 Å². The van der Waals surface area contributed by atoms with Crippen LogP contribution < -0.4 is 33.9 Å². The maximum absolute atomic E-state index is 12.6. The summed E-state index contributed by atoms with van der Waals surface area (Å²) in [6, 6.07) is 12.8. The molecule has 0 aliphatic heterocycles. The van der Waals surface area contributed by atoms with E-state index in [9.17, 15) is 4.79 Å². The van der Waals surface area contributed by atoms with Crippen molar-refractivity contribution in [2.75, 3.05) is 0 Å². The van der Waals surface area contributed by atoms with Crippen LogP contribution in [0.1, 0.15) is 43.2 Å². The second-order valence-electron chi connectivity index (χ2n) is 7.76. The minimum atomic E-state index is 0. The number of carbonyl (C=O) groups excluding carboxylic acids is 1. The Hall–Kier alpha value is -2.15. The number of aromatic nitrogens is 2. The van der Waals surface area contributed by atoms with Gasteiger partial charge in [0.05, 0.1) is 0 Å². The Balaban J connectivity index is 0.00000240. The van der Waals surface area contributed by atoms with E-state index in [-0.39, 0.29) is 29.9 Å². The molecule has 0 atom stereocenters. The van der Waals surface area contributed by atoms with Crippen molar-refractivity contribution in [3.05, 3.63) is 66.1 Å². The third-order valence-electron chi connectivity index (χ3n) is 5.56. The lowest BCUT2D eigenvalue weighted by molar-refractivity contribution is -0.671. The molecule has 2 aromatic heterocycles. The molecule has 0 unspecified atom stereocenters. The standard InChI is InChI=1S/C24H27N3O.HI/c1-26-15-13-19(14-16-26)11-12-20-17-27(23-10-6-5-9-22(20)23)18-24(28)25-21-7-3-2-4-8-21;/h5-6,9-17,21H,2-4,7-8,18H2,1H3;1H. The first-order valence-corrected chi connectivity index (χ1v) is 10.2. The van der Waals surface area contributed by atoms with Crippen LogP contribution in [0.4, 0.5) is 0 Å². The molecule has 1 saturated carbocycles. The van der Waals surface area contributed by atoms with Crippen LogP contribution >= 0.6 is 0 Å². The van der Waals surface area contributed by atoms with Crippen molar-refractivity contribution in [3.8, 4) is 0 Å². The Bertz CT molecular complexity index is 985. The number of nitrogens with one attached hydrogen (secondary N) is 1. The molecule has 0 saturated heterocycles. The van der Waals surface area contributed by atoms with Gasteiger partial charge in [0.1, 0.15) is 13.6 Å². The highest BCUT2D eigenvalue weighted by Crippen LogP contribution is 2.23. The van der Waals surface area contributed by atoms with Crippen LogP contribution in [0.3, 0.4) is 0 Å². The average Bonchev–Trinajstić information content (AvgIpc) is 3.06. The quantitative estimate of drug-likeness (QED) is 0.413. The topological polar surface area (TPSA) is 37.9 Å². The van der Waals surface area contributed by atoms with Crippen molar-refractivity contribution >= 4 is 29.0 Å². The van der Waals surface area contributed by atoms with Crippen molar-refractivity contribution in [2.45, 2.75) is 44.7 Å². The van der Waals surface area contributed by atoms with Crippen molar-refractivity contribution in [1.29, 1.82) is 0 Å². The molecule has 1 aliphatic carbocycles. The normalized spacial score (nSPS) is 14.8. The van der Waals surface area contributed by atoms with Gasteiger partial charge in [0.25, 0.3) is 0 Å². The summed E-state index contributed by atoms with van der Waals surface area (Å²) in [4.78, 5) is 12.6. The van der Waals surface area contributed by atoms with Crippen molar-refractivity contribution in [3.63, 3.8) is 0 Å². The molecule has 0 spiro atoms. The summed E-state index contributed by atoms with van der Waals surface area (Å²) in [7, 11) is 2.01. The fraction of sp³-hybridized carbons (Fsp3) is 0.333. The Labute approximate surface area is 189 Å². The lowest BCUT2D eigenvalue weighted by Gasteiger charge is -2.22. The fourth-order valence-electron chi connectivity index (χ4n) is 4.02. The zero-order valence-corrected chi connectivity index (χ0v) is 19.0. The van der Waals surface area contributed by atoms with Crippen molar-refractivity contribution < 1.29 is 33.3 Å². The molecule has 4 nitrogen and oxygen atoms in total. The van der Waals surface area contributed by atoms with Gasteiger partial charge in [0.2, 0.25) is 5.91 Å². The van der Waals surface area contributed by atoms with Gasteiger partial charge in [-0.2, -0.15) is 0 Å². The highest BCUT2D eigenvalue weighted by Gasteiger charge is 2.16. The number of para-hydroxylation sites is 1. The fourth-order valence-corrected chi connectivity index (χ4v) is 4.02. The third-order valence-corrected chi connectivity index (χ3v) is 5.56. The van der Waals surface area contributed by atoms with E-state index in [0.29, 0.717) is 12.6 Å². The van der Waals surface area contributed by atoms with Crippen molar-refractivity contribution in [2.24, 2.45) is 7.05 Å². The second-order valence-corrected chi connectivity index (χ2v) is 7.76. The first-order valence-electron chi connectivity index (χ1n) is 10.2. The van der Waals surface area contributed by atoms with E-state index in [2.05, 4.69) is 58.6 Å². The number of carbonyl (C=O) groups is 1. The van der Waals surface area contributed by atoms with Crippen LogP contribution in [0, 0.1) is 0 Å². The van der Waals surface area contributed by atoms with Gasteiger partial charge in [-0.1, -0.05) is 49.6 Å². The van der Waals surface area contributed by atoms with E-state index in [1.165, 1.54) is 24.6 Å². The molecule has 152 valence electrons. The highest BCUT2D eigenvalue weighted by atomic mass is 127. The number of rotatable bonds is 5. The molecular formula is C24H28IN3O. The van der Waals surface area contributed by atoms with E-state index in [0.717, 1.165) is 29.5 Å². The average molecular weight is 501 g/mol. The molecule has 5 heteroatoms. The molecular weight excluding hydrogens is 473 g/mol. The molecule has 1 aromatic carbocycles. The minimum Gasteiger partial charge on any atom is -1.00 e. The van der Waals surface area contributed by atoms with Gasteiger partial charge < -0.3 is 33.9 Å². The third kappa shape index (κ3) is 5.47. The van der Waals surface area contributed by atoms with Gasteiger partial charge in [-0.25, -0.2) is 4.57 Å². The molecule has 1 N–H and O–H groups in total. The number of hydrogen-bond donors (Lipinski definition) is 1. The smallest absolute Gasteiger partial charge is 0.240 e. The monoisotopic (exact) mass is 501 g/mol. The minimum absolute atomic E-state index is 0. The zero-order valence-electron chi connectivity index (χ0n) is 16.9. The molecule has 0 radical (unpaired) electrons. The lowest BCUT2D eigenvalue weighted by atomic mass is 9.95. The maximum Gasteiger partial charge on any atom is 0.240 e. The van der Waals surface area contributed by atoms with Crippen LogP contribution in [-0.4, -0.2) is 16.5 Å². The van der Waals surface area contributed by atoms with Crippen molar-refractivity contribution in [1.82, 2.24) is 9.88 Å². The Morgan fingerprint density at radius 1 is 1.10 bits per heavy atom. The molecule has 4 rings (SSSR count). The number of nitrogens with zero attached hydrogens (tertiary/aromatic N) is 2. The molecule has 1 amide bonds. The van der Waals surface area contributed by atoms with Gasteiger partial charge in [0, 0.05) is 40.8 Å². The largest absolute Gasteiger partial charge is 1.00 e. The first kappa shape index (κ1) is 21.6. The molecule has 2 heterocycles. The predicted molar refractivity (Wildman–Crippen MR) is 113 cm³/mol. The van der Waals surface area contributed by atoms with E-state index < -0.39 is 0 Å². The number of pyridine rings is 1. The molecule has 29 heavy (non-hydrogen) atoms. The van der Waals surface area contributed by atoms with E-state index in [1.54, 1.807) is 0 Å². The van der Waals surface area contributed by atoms with Crippen LogP contribution in [0.25, 0.3) is 23.1 Å². The van der Waals surface area contributed by atoms with Crippen LogP contribution in [0.2, 0.25) is 0 Å². The lowest BCUT2D eigenvalue weighted by Crippen LogP contribution is -3.00. The Morgan fingerprint density at radius 3 is 2.59 bits per heavy atom. The summed E-state index contributed by atoms with van der Waals surface area (Å²) >= 11 is 0. The molecule has 3 aromatic rings. The predicted octanol–water partition coefficient (Wildman–Crippen LogP) is 1.09. The van der Waals surface area contributed by atoms with Crippen LogP contribution in [0.5, 0.6) is 0 Å². The SMILES string of the molecule is C[n+]1ccc(/C=C/c2cn(CC(=O)NC3CCCCC3)c3ccccc23)cc1.[I-]. The summed E-state index contributed by atoms with van der Waals surface area (Å²) in [6.07, 6.45) is 16.4. The number of hydrogen-bond acceptors (Lipinski definition) is 1. The molecule has 1 fully saturated rings. The number of aryl methyl sites for hydroxylation is 1. The van der Waals surface area contributed by atoms with Gasteiger partial charge in [-0.3, -0.25) is 4.79 Å². The number of benzene rings is 1. The summed E-state index contributed by atoms with van der Waals surface area (Å²) in [5, 5.41) is 4.40. The Morgan fingerprint density at radius 2 is 1.83 bits per heavy atom. The number of amides is 1. The van der Waals surface area contributed by atoms with Crippen LogP contribution in [0.15, 0.2) is 55.0 Å². The summed E-state index contributed by atoms with van der Waals surface area (Å²) in [6.45, 7) is 0.367. The summed E-state index contributed by atoms with van der Waals surface area (Å²) in [5.74, 6) is 0.110. The summed E-state index contributed by atoms with van der Waals surface area (Å²) in [5.41, 5.74) is 3.39. The second kappa shape index (κ2) is 10.1. The number of halogens is 1. The summed E-state index contributed by atoms with van der Waals surface area (Å²) < 4.78 is 4.09. The zero-order chi connectivity index (χ0) is 19.3.